The molecular formula is C14H15NO4S. The molecule has 0 saturated carbocycles. The third-order valence-corrected chi connectivity index (χ3v) is 3.68. The first-order valence-corrected chi connectivity index (χ1v) is 7.09. The van der Waals surface area contributed by atoms with Crippen LogP contribution < -0.4 is 4.74 Å². The number of rotatable bonds is 4. The molecule has 0 radical (unpaired) electrons. The summed E-state index contributed by atoms with van der Waals surface area (Å²) in [6, 6.07) is 4.80. The van der Waals surface area contributed by atoms with Crippen LogP contribution in [0.4, 0.5) is 4.79 Å². The molecule has 1 aromatic carbocycles. The first kappa shape index (κ1) is 14.5. The van der Waals surface area contributed by atoms with Crippen molar-refractivity contribution in [2.75, 3.05) is 13.2 Å². The fourth-order valence-electron chi connectivity index (χ4n) is 1.82. The number of benzene rings is 1. The van der Waals surface area contributed by atoms with Gasteiger partial charge < -0.3 is 9.84 Å². The van der Waals surface area contributed by atoms with Crippen LogP contribution in [0.15, 0.2) is 23.1 Å². The van der Waals surface area contributed by atoms with E-state index in [9.17, 15) is 14.7 Å². The molecule has 1 saturated heterocycles. The molecule has 0 spiro atoms. The number of nitrogens with zero attached hydrogens (tertiary/aromatic N) is 1. The third kappa shape index (κ3) is 2.80. The standard InChI is InChI=1S/C14H15NO4S/c1-3-15-13(17)12(20-14(15)18)8-9-5-6-10(16)11(7-9)19-4-2/h5-8,16H,3-4H2,1-2H3/b12-8-. The van der Waals surface area contributed by atoms with Crippen LogP contribution in [0.3, 0.4) is 0 Å². The highest BCUT2D eigenvalue weighted by Gasteiger charge is 2.33. The molecule has 1 N–H and O–H groups in total. The molecule has 0 aliphatic carbocycles. The SMILES string of the molecule is CCOc1cc(/C=C2\SC(=O)N(CC)C2=O)ccc1O. The van der Waals surface area contributed by atoms with Gasteiger partial charge in [0.2, 0.25) is 0 Å². The van der Waals surface area contributed by atoms with Crippen LogP contribution in [0.5, 0.6) is 11.5 Å². The molecule has 106 valence electrons. The van der Waals surface area contributed by atoms with Crippen molar-refractivity contribution < 1.29 is 19.4 Å². The third-order valence-electron chi connectivity index (χ3n) is 2.77. The lowest BCUT2D eigenvalue weighted by Crippen LogP contribution is -2.27. The van der Waals surface area contributed by atoms with Gasteiger partial charge in [-0.05, 0) is 49.4 Å². The number of thioether (sulfide) groups is 1. The zero-order chi connectivity index (χ0) is 14.7. The maximum atomic E-state index is 12.0. The van der Waals surface area contributed by atoms with E-state index in [0.717, 1.165) is 11.8 Å². The van der Waals surface area contributed by atoms with Gasteiger partial charge in [0.15, 0.2) is 11.5 Å². The monoisotopic (exact) mass is 293 g/mol. The number of aromatic hydroxyl groups is 1. The fourth-order valence-corrected chi connectivity index (χ4v) is 2.72. The second-order valence-corrected chi connectivity index (χ2v) is 5.08. The summed E-state index contributed by atoms with van der Waals surface area (Å²) in [7, 11) is 0. The zero-order valence-corrected chi connectivity index (χ0v) is 12.1. The van der Waals surface area contributed by atoms with E-state index in [1.54, 1.807) is 25.1 Å². The molecule has 6 heteroatoms. The highest BCUT2D eigenvalue weighted by Crippen LogP contribution is 2.33. The maximum absolute atomic E-state index is 12.0. The Balaban J connectivity index is 2.30. The van der Waals surface area contributed by atoms with E-state index in [1.165, 1.54) is 11.0 Å². The van der Waals surface area contributed by atoms with Gasteiger partial charge in [-0.3, -0.25) is 14.5 Å². The molecule has 1 aromatic rings. The number of hydrogen-bond acceptors (Lipinski definition) is 5. The number of hydrogen-bond donors (Lipinski definition) is 1. The Kier molecular flexibility index (Phi) is 4.34. The lowest BCUT2D eigenvalue weighted by Gasteiger charge is -2.07. The number of amides is 2. The van der Waals surface area contributed by atoms with Crippen molar-refractivity contribution in [3.63, 3.8) is 0 Å². The number of phenols is 1. The summed E-state index contributed by atoms with van der Waals surface area (Å²) in [5, 5.41) is 9.36. The molecule has 5 nitrogen and oxygen atoms in total. The van der Waals surface area contributed by atoms with Gasteiger partial charge in [0.1, 0.15) is 0 Å². The van der Waals surface area contributed by atoms with E-state index in [0.29, 0.717) is 29.4 Å². The van der Waals surface area contributed by atoms with Gasteiger partial charge in [0.05, 0.1) is 11.5 Å². The van der Waals surface area contributed by atoms with Crippen molar-refractivity contribution >= 4 is 29.0 Å². The van der Waals surface area contributed by atoms with Gasteiger partial charge in [-0.2, -0.15) is 0 Å². The highest BCUT2D eigenvalue weighted by molar-refractivity contribution is 8.18. The second kappa shape index (κ2) is 6.00. The Bertz CT molecular complexity index is 583. The number of phenolic OH excluding ortho intramolecular Hbond substituents is 1. The smallest absolute Gasteiger partial charge is 0.293 e. The van der Waals surface area contributed by atoms with E-state index in [1.807, 2.05) is 6.92 Å². The Morgan fingerprint density at radius 3 is 2.70 bits per heavy atom. The number of carbonyl (C=O) groups is 2. The molecular weight excluding hydrogens is 278 g/mol. The summed E-state index contributed by atoms with van der Waals surface area (Å²) in [5.41, 5.74) is 0.702. The minimum absolute atomic E-state index is 0.0469. The molecule has 1 heterocycles. The molecule has 20 heavy (non-hydrogen) atoms. The van der Waals surface area contributed by atoms with Crippen molar-refractivity contribution in [3.05, 3.63) is 28.7 Å². The van der Waals surface area contributed by atoms with Crippen molar-refractivity contribution in [2.45, 2.75) is 13.8 Å². The van der Waals surface area contributed by atoms with E-state index >= 15 is 0 Å². The summed E-state index contributed by atoms with van der Waals surface area (Å²) < 4.78 is 5.28. The topological polar surface area (TPSA) is 66.8 Å². The molecule has 1 aliphatic heterocycles. The highest BCUT2D eigenvalue weighted by atomic mass is 32.2. The molecule has 0 aromatic heterocycles. The fraction of sp³-hybridized carbons (Fsp3) is 0.286. The minimum atomic E-state index is -0.284. The molecule has 0 bridgehead atoms. The second-order valence-electron chi connectivity index (χ2n) is 4.09. The van der Waals surface area contributed by atoms with E-state index in [-0.39, 0.29) is 16.9 Å². The van der Waals surface area contributed by atoms with E-state index < -0.39 is 0 Å². The Labute approximate surface area is 121 Å². The summed E-state index contributed by atoms with van der Waals surface area (Å²) in [4.78, 5) is 25.1. The minimum Gasteiger partial charge on any atom is -0.504 e. The van der Waals surface area contributed by atoms with Gasteiger partial charge in [-0.1, -0.05) is 6.07 Å². The Morgan fingerprint density at radius 1 is 1.35 bits per heavy atom. The Hall–Kier alpha value is -1.95. The number of imide groups is 1. The normalized spacial score (nSPS) is 17.1. The van der Waals surface area contributed by atoms with Gasteiger partial charge >= 0.3 is 0 Å². The quantitative estimate of drug-likeness (QED) is 0.865. The van der Waals surface area contributed by atoms with Gasteiger partial charge in [-0.15, -0.1) is 0 Å². The molecule has 1 fully saturated rings. The Morgan fingerprint density at radius 2 is 2.10 bits per heavy atom. The number of ether oxygens (including phenoxy) is 1. The van der Waals surface area contributed by atoms with E-state index in [4.69, 9.17) is 4.74 Å². The van der Waals surface area contributed by atoms with Crippen LogP contribution in [0.25, 0.3) is 6.08 Å². The van der Waals surface area contributed by atoms with Crippen LogP contribution in [-0.4, -0.2) is 34.3 Å². The summed E-state index contributed by atoms with van der Waals surface area (Å²) >= 11 is 0.920. The molecule has 2 rings (SSSR count). The average molecular weight is 293 g/mol. The molecule has 0 unspecified atom stereocenters. The molecule has 2 amide bonds. The average Bonchev–Trinajstić information content (AvgIpc) is 2.68. The van der Waals surface area contributed by atoms with Gasteiger partial charge in [0.25, 0.3) is 11.1 Å². The lowest BCUT2D eigenvalue weighted by atomic mass is 10.2. The van der Waals surface area contributed by atoms with Crippen LogP contribution in [0.2, 0.25) is 0 Å². The van der Waals surface area contributed by atoms with Crippen LogP contribution >= 0.6 is 11.8 Å². The first-order chi connectivity index (χ1) is 9.56. The predicted molar refractivity (Wildman–Crippen MR) is 77.6 cm³/mol. The molecule has 1 aliphatic rings. The van der Waals surface area contributed by atoms with Gasteiger partial charge in [-0.25, -0.2) is 0 Å². The number of likely N-dealkylation sites (N-methyl/N-ethyl adjacent to an activating group) is 1. The summed E-state index contributed by atoms with van der Waals surface area (Å²) in [5.74, 6) is 0.121. The van der Waals surface area contributed by atoms with Crippen LogP contribution in [0, 0.1) is 0 Å². The van der Waals surface area contributed by atoms with Gasteiger partial charge in [0, 0.05) is 6.54 Å². The predicted octanol–water partition coefficient (Wildman–Crippen LogP) is 2.85. The largest absolute Gasteiger partial charge is 0.504 e. The van der Waals surface area contributed by atoms with Crippen molar-refractivity contribution in [3.8, 4) is 11.5 Å². The lowest BCUT2D eigenvalue weighted by molar-refractivity contribution is -0.122. The van der Waals surface area contributed by atoms with E-state index in [2.05, 4.69) is 0 Å². The first-order valence-electron chi connectivity index (χ1n) is 6.28. The maximum Gasteiger partial charge on any atom is 0.293 e. The van der Waals surface area contributed by atoms with Crippen LogP contribution in [-0.2, 0) is 4.79 Å². The summed E-state index contributed by atoms with van der Waals surface area (Å²) in [6.07, 6.45) is 1.63. The van der Waals surface area contributed by atoms with Crippen molar-refractivity contribution in [2.24, 2.45) is 0 Å². The van der Waals surface area contributed by atoms with Crippen molar-refractivity contribution in [1.82, 2.24) is 4.90 Å². The number of carbonyl (C=O) groups excluding carboxylic acids is 2. The molecule has 0 atom stereocenters. The summed E-state index contributed by atoms with van der Waals surface area (Å²) in [6.45, 7) is 4.37. The van der Waals surface area contributed by atoms with Crippen molar-refractivity contribution in [1.29, 1.82) is 0 Å². The van der Waals surface area contributed by atoms with Crippen LogP contribution in [0.1, 0.15) is 19.4 Å². The zero-order valence-electron chi connectivity index (χ0n) is 11.3.